The van der Waals surface area contributed by atoms with Crippen molar-refractivity contribution >= 4 is 34.0 Å². The first kappa shape index (κ1) is 13.4. The number of hydrogen-bond acceptors (Lipinski definition) is 2. The van der Waals surface area contributed by atoms with Gasteiger partial charge in [0, 0.05) is 22.4 Å². The van der Waals surface area contributed by atoms with Gasteiger partial charge in [-0.25, -0.2) is 4.98 Å². The molecule has 3 rings (SSSR count). The lowest BCUT2D eigenvalue weighted by Gasteiger charge is -2.25. The van der Waals surface area contributed by atoms with Gasteiger partial charge in [-0.2, -0.15) is 0 Å². The van der Waals surface area contributed by atoms with Crippen LogP contribution in [0.15, 0.2) is 24.3 Å². The van der Waals surface area contributed by atoms with Gasteiger partial charge in [-0.3, -0.25) is 4.79 Å². The number of aromatic nitrogens is 2. The van der Waals surface area contributed by atoms with Crippen molar-refractivity contribution in [1.29, 1.82) is 0 Å². The molecule has 20 heavy (non-hydrogen) atoms. The molecule has 1 aromatic heterocycles. The number of aromatic amines is 1. The second-order valence-corrected chi connectivity index (χ2v) is 6.20. The molecule has 0 amide bonds. The zero-order valence-electron chi connectivity index (χ0n) is 11.7. The molecule has 1 unspecified atom stereocenters. The number of imidazole rings is 1. The van der Waals surface area contributed by atoms with E-state index in [-0.39, 0.29) is 11.2 Å². The molecule has 1 atom stereocenters. The minimum absolute atomic E-state index is 0.108. The summed E-state index contributed by atoms with van der Waals surface area (Å²) in [7, 11) is 0. The Morgan fingerprint density at radius 2 is 2.25 bits per heavy atom. The minimum Gasteiger partial charge on any atom is -0.338 e. The summed E-state index contributed by atoms with van der Waals surface area (Å²) in [6.07, 6.45) is 4.36. The smallest absolute Gasteiger partial charge is 0.157 e. The Hall–Kier alpha value is -1.61. The highest BCUT2D eigenvalue weighted by molar-refractivity contribution is 6.31. The first-order chi connectivity index (χ1) is 9.51. The molecular formula is C16H17ClN2O. The Morgan fingerprint density at radius 3 is 3.00 bits per heavy atom. The first-order valence-electron chi connectivity index (χ1n) is 6.92. The van der Waals surface area contributed by atoms with Crippen LogP contribution in [0.25, 0.3) is 16.6 Å². The van der Waals surface area contributed by atoms with Crippen LogP contribution in [0.2, 0.25) is 5.02 Å². The van der Waals surface area contributed by atoms with Gasteiger partial charge in [0.05, 0.1) is 11.0 Å². The second kappa shape index (κ2) is 4.74. The number of carbonyl (C=O) groups is 1. The normalized spacial score (nSPS) is 22.6. The molecular weight excluding hydrogens is 272 g/mol. The van der Waals surface area contributed by atoms with Gasteiger partial charge in [0.15, 0.2) is 5.78 Å². The summed E-state index contributed by atoms with van der Waals surface area (Å²) in [5.74, 6) is 0.985. The average molecular weight is 289 g/mol. The van der Waals surface area contributed by atoms with Gasteiger partial charge in [-0.15, -0.1) is 0 Å². The predicted octanol–water partition coefficient (Wildman–Crippen LogP) is 4.38. The molecule has 0 spiro atoms. The first-order valence-corrected chi connectivity index (χ1v) is 7.30. The zero-order valence-corrected chi connectivity index (χ0v) is 12.4. The highest BCUT2D eigenvalue weighted by Crippen LogP contribution is 2.45. The largest absolute Gasteiger partial charge is 0.338 e. The number of allylic oxidation sites excluding steroid dienone is 2. The van der Waals surface area contributed by atoms with Gasteiger partial charge in [0.2, 0.25) is 0 Å². The lowest BCUT2D eigenvalue weighted by molar-refractivity contribution is -0.115. The quantitative estimate of drug-likeness (QED) is 0.911. The summed E-state index contributed by atoms with van der Waals surface area (Å²) in [6, 6.07) is 5.59. The molecule has 0 aliphatic heterocycles. The van der Waals surface area contributed by atoms with Gasteiger partial charge < -0.3 is 4.98 Å². The van der Waals surface area contributed by atoms with E-state index >= 15 is 0 Å². The molecule has 1 aromatic carbocycles. The summed E-state index contributed by atoms with van der Waals surface area (Å²) >= 11 is 6.00. The molecule has 0 saturated carbocycles. The van der Waals surface area contributed by atoms with Gasteiger partial charge in [0.25, 0.3) is 0 Å². The third kappa shape index (κ3) is 2.16. The lowest BCUT2D eigenvalue weighted by atomic mass is 9.79. The summed E-state index contributed by atoms with van der Waals surface area (Å²) < 4.78 is 0. The van der Waals surface area contributed by atoms with E-state index in [0.717, 1.165) is 35.3 Å². The summed E-state index contributed by atoms with van der Waals surface area (Å²) in [4.78, 5) is 19.8. The van der Waals surface area contributed by atoms with Crippen molar-refractivity contribution in [2.24, 2.45) is 5.41 Å². The predicted molar refractivity (Wildman–Crippen MR) is 81.7 cm³/mol. The Kier molecular flexibility index (Phi) is 3.17. The van der Waals surface area contributed by atoms with E-state index in [1.165, 1.54) is 0 Å². The number of fused-ring (bicyclic) bond motifs is 1. The molecule has 1 N–H and O–H groups in total. The maximum Gasteiger partial charge on any atom is 0.157 e. The summed E-state index contributed by atoms with van der Waals surface area (Å²) in [6.45, 7) is 4.29. The fraction of sp³-hybridized carbons (Fsp3) is 0.375. The fourth-order valence-corrected chi connectivity index (χ4v) is 3.28. The number of carbonyl (C=O) groups excluding carboxylic acids is 1. The van der Waals surface area contributed by atoms with Crippen LogP contribution in [0.3, 0.4) is 0 Å². The fourth-order valence-electron chi connectivity index (χ4n) is 3.10. The van der Waals surface area contributed by atoms with Crippen molar-refractivity contribution in [2.75, 3.05) is 0 Å². The molecule has 0 radical (unpaired) electrons. The molecule has 0 fully saturated rings. The number of ketones is 1. The molecule has 1 aliphatic rings. The van der Waals surface area contributed by atoms with Crippen molar-refractivity contribution in [2.45, 2.75) is 33.1 Å². The van der Waals surface area contributed by atoms with Crippen LogP contribution in [0.5, 0.6) is 0 Å². The molecule has 3 nitrogen and oxygen atoms in total. The van der Waals surface area contributed by atoms with Crippen molar-refractivity contribution in [1.82, 2.24) is 9.97 Å². The highest BCUT2D eigenvalue weighted by Gasteiger charge is 2.38. The maximum atomic E-state index is 11.8. The van der Waals surface area contributed by atoms with Crippen molar-refractivity contribution in [3.63, 3.8) is 0 Å². The van der Waals surface area contributed by atoms with Crippen molar-refractivity contribution < 1.29 is 4.79 Å². The van der Waals surface area contributed by atoms with E-state index in [0.29, 0.717) is 11.4 Å². The Bertz CT molecular complexity index is 716. The van der Waals surface area contributed by atoms with E-state index < -0.39 is 0 Å². The Balaban J connectivity index is 2.09. The van der Waals surface area contributed by atoms with Gasteiger partial charge in [-0.1, -0.05) is 31.9 Å². The lowest BCUT2D eigenvalue weighted by Crippen LogP contribution is -2.16. The van der Waals surface area contributed by atoms with Crippen LogP contribution in [-0.4, -0.2) is 15.8 Å². The standard InChI is InChI=1S/C16H17ClN2O/c1-3-6-16(2)9-11(20)8-12(16)15-18-13-5-4-10(17)7-14(13)19-15/h4-5,7-8H,3,6,9H2,1-2H3,(H,18,19). The monoisotopic (exact) mass is 288 g/mol. The summed E-state index contributed by atoms with van der Waals surface area (Å²) in [5.41, 5.74) is 2.70. The van der Waals surface area contributed by atoms with E-state index in [9.17, 15) is 4.79 Å². The highest BCUT2D eigenvalue weighted by atomic mass is 35.5. The number of nitrogens with one attached hydrogen (secondary N) is 1. The second-order valence-electron chi connectivity index (χ2n) is 5.76. The molecule has 4 heteroatoms. The Morgan fingerprint density at radius 1 is 1.45 bits per heavy atom. The molecule has 1 aliphatic carbocycles. The third-order valence-corrected chi connectivity index (χ3v) is 4.26. The molecule has 0 bridgehead atoms. The molecule has 1 heterocycles. The molecule has 2 aromatic rings. The molecule has 0 saturated heterocycles. The van der Waals surface area contributed by atoms with Gasteiger partial charge in [-0.05, 0) is 30.7 Å². The minimum atomic E-state index is -0.108. The number of hydrogen-bond donors (Lipinski definition) is 1. The van der Waals surface area contributed by atoms with E-state index in [1.807, 2.05) is 18.2 Å². The van der Waals surface area contributed by atoms with Crippen LogP contribution in [0, 0.1) is 5.41 Å². The summed E-state index contributed by atoms with van der Waals surface area (Å²) in [5, 5.41) is 0.681. The topological polar surface area (TPSA) is 45.8 Å². The van der Waals surface area contributed by atoms with Crippen molar-refractivity contribution in [3.05, 3.63) is 35.1 Å². The zero-order chi connectivity index (χ0) is 14.3. The Labute approximate surface area is 123 Å². The number of H-pyrrole nitrogens is 1. The van der Waals surface area contributed by atoms with Crippen LogP contribution in [0.1, 0.15) is 38.9 Å². The number of halogens is 1. The van der Waals surface area contributed by atoms with Crippen molar-refractivity contribution in [3.8, 4) is 0 Å². The van der Waals surface area contributed by atoms with E-state index in [2.05, 4.69) is 23.8 Å². The van der Waals surface area contributed by atoms with Crippen LogP contribution in [0.4, 0.5) is 0 Å². The van der Waals surface area contributed by atoms with E-state index in [1.54, 1.807) is 6.08 Å². The molecule has 104 valence electrons. The number of nitrogens with zero attached hydrogens (tertiary/aromatic N) is 1. The van der Waals surface area contributed by atoms with Gasteiger partial charge >= 0.3 is 0 Å². The van der Waals surface area contributed by atoms with E-state index in [4.69, 9.17) is 11.6 Å². The maximum absolute atomic E-state index is 11.8. The third-order valence-electron chi connectivity index (χ3n) is 4.02. The number of benzene rings is 1. The van der Waals surface area contributed by atoms with Crippen LogP contribution in [-0.2, 0) is 4.79 Å². The number of rotatable bonds is 3. The average Bonchev–Trinajstić information content (AvgIpc) is 2.90. The van der Waals surface area contributed by atoms with Gasteiger partial charge in [0.1, 0.15) is 5.82 Å². The van der Waals surface area contributed by atoms with Crippen LogP contribution >= 0.6 is 11.6 Å². The van der Waals surface area contributed by atoms with Crippen LogP contribution < -0.4 is 0 Å². The SMILES string of the molecule is CCCC1(C)CC(=O)C=C1c1nc2ccc(Cl)cc2[nH]1.